The molecule has 0 saturated heterocycles. The maximum atomic E-state index is 13.3. The summed E-state index contributed by atoms with van der Waals surface area (Å²) in [4.78, 5) is 32.6. The minimum absolute atomic E-state index is 0.186. The number of carbonyl (C=O) groups is 2. The lowest BCUT2D eigenvalue weighted by Crippen LogP contribution is -2.27. The third-order valence-electron chi connectivity index (χ3n) is 5.19. The maximum Gasteiger partial charge on any atom is 0.259 e. The first-order valence-corrected chi connectivity index (χ1v) is 10.9. The molecule has 7 nitrogen and oxygen atoms in total. The molecule has 0 unspecified atom stereocenters. The van der Waals surface area contributed by atoms with Crippen molar-refractivity contribution >= 4 is 39.9 Å². The van der Waals surface area contributed by atoms with Crippen LogP contribution >= 0.6 is 11.3 Å². The van der Waals surface area contributed by atoms with Crippen molar-refractivity contribution in [1.29, 1.82) is 0 Å². The van der Waals surface area contributed by atoms with Crippen LogP contribution in [0.2, 0.25) is 0 Å². The molecule has 0 radical (unpaired) electrons. The smallest absolute Gasteiger partial charge is 0.259 e. The first-order chi connectivity index (χ1) is 15.0. The summed E-state index contributed by atoms with van der Waals surface area (Å²) >= 11 is 1.59. The van der Waals surface area contributed by atoms with Gasteiger partial charge in [0.1, 0.15) is 0 Å². The number of amides is 2. The topological polar surface area (TPSA) is 97.1 Å². The number of aromatic nitrogens is 2. The van der Waals surface area contributed by atoms with Crippen molar-refractivity contribution in [2.24, 2.45) is 0 Å². The summed E-state index contributed by atoms with van der Waals surface area (Å²) in [6, 6.07) is 13.0. The van der Waals surface area contributed by atoms with Gasteiger partial charge in [0.25, 0.3) is 17.5 Å². The molecule has 156 valence electrons. The molecule has 2 N–H and O–H groups in total. The normalized spacial score (nSPS) is 13.4. The summed E-state index contributed by atoms with van der Waals surface area (Å²) in [6.07, 6.45) is 1.99. The molecule has 2 amide bonds. The number of anilines is 1. The molecule has 3 heterocycles. The summed E-state index contributed by atoms with van der Waals surface area (Å²) in [5.41, 5.74) is 2.84. The van der Waals surface area contributed by atoms with Gasteiger partial charge in [-0.05, 0) is 57.0 Å². The standard InChI is InChI=1S/C23H20N4O3S/c1-12-7-10-19(31-12)18-11-16(20-13(2)27-30-23(20)26-18)22(29)25-17-6-4-3-5-15(17)21(28)24-14-8-9-14/h3-7,10-11,14H,8-9H2,1-2H3,(H,24,28)(H,25,29). The van der Waals surface area contributed by atoms with Gasteiger partial charge in [0.05, 0.1) is 38.5 Å². The number of thiophene rings is 1. The lowest BCUT2D eigenvalue weighted by Gasteiger charge is -2.12. The molecule has 1 aromatic carbocycles. The lowest BCUT2D eigenvalue weighted by atomic mass is 10.1. The number of pyridine rings is 1. The van der Waals surface area contributed by atoms with Crippen LogP contribution in [0.5, 0.6) is 0 Å². The Balaban J connectivity index is 1.53. The van der Waals surface area contributed by atoms with Crippen LogP contribution in [-0.2, 0) is 0 Å². The average Bonchev–Trinajstić information content (AvgIpc) is 3.34. The van der Waals surface area contributed by atoms with Gasteiger partial charge in [0.15, 0.2) is 0 Å². The zero-order valence-electron chi connectivity index (χ0n) is 17.1. The number of hydrogen-bond acceptors (Lipinski definition) is 6. The highest BCUT2D eigenvalue weighted by Crippen LogP contribution is 2.31. The summed E-state index contributed by atoms with van der Waals surface area (Å²) in [5, 5.41) is 10.4. The molecular weight excluding hydrogens is 412 g/mol. The van der Waals surface area contributed by atoms with E-state index in [4.69, 9.17) is 4.52 Å². The third kappa shape index (κ3) is 3.82. The molecule has 3 aromatic heterocycles. The van der Waals surface area contributed by atoms with Crippen LogP contribution < -0.4 is 10.6 Å². The first kappa shape index (κ1) is 19.4. The number of nitrogens with one attached hydrogen (secondary N) is 2. The minimum atomic E-state index is -0.347. The molecular formula is C23H20N4O3S. The number of hydrogen-bond donors (Lipinski definition) is 2. The molecule has 1 fully saturated rings. The molecule has 5 rings (SSSR count). The van der Waals surface area contributed by atoms with Crippen molar-refractivity contribution in [3.8, 4) is 10.6 Å². The van der Waals surface area contributed by atoms with E-state index in [-0.39, 0.29) is 17.9 Å². The van der Waals surface area contributed by atoms with Crippen LogP contribution in [0.1, 0.15) is 44.1 Å². The maximum absolute atomic E-state index is 13.3. The highest BCUT2D eigenvalue weighted by Gasteiger charge is 2.26. The summed E-state index contributed by atoms with van der Waals surface area (Å²) in [7, 11) is 0. The van der Waals surface area contributed by atoms with Gasteiger partial charge in [-0.15, -0.1) is 11.3 Å². The molecule has 0 bridgehead atoms. The van der Waals surface area contributed by atoms with Gasteiger partial charge in [-0.3, -0.25) is 9.59 Å². The Morgan fingerprint density at radius 1 is 1.06 bits per heavy atom. The zero-order valence-corrected chi connectivity index (χ0v) is 17.9. The van der Waals surface area contributed by atoms with E-state index in [0.717, 1.165) is 22.6 Å². The number of benzene rings is 1. The molecule has 31 heavy (non-hydrogen) atoms. The van der Waals surface area contributed by atoms with Crippen molar-refractivity contribution < 1.29 is 14.1 Å². The molecule has 4 aromatic rings. The number of rotatable bonds is 5. The Morgan fingerprint density at radius 3 is 2.61 bits per heavy atom. The van der Waals surface area contributed by atoms with Gasteiger partial charge in [0.2, 0.25) is 0 Å². The fraction of sp³-hybridized carbons (Fsp3) is 0.217. The van der Waals surface area contributed by atoms with Gasteiger partial charge < -0.3 is 15.2 Å². The largest absolute Gasteiger partial charge is 0.349 e. The Bertz CT molecular complexity index is 1320. The van der Waals surface area contributed by atoms with E-state index < -0.39 is 0 Å². The fourth-order valence-corrected chi connectivity index (χ4v) is 4.27. The van der Waals surface area contributed by atoms with Crippen molar-refractivity contribution in [3.05, 3.63) is 64.2 Å². The molecule has 1 aliphatic rings. The van der Waals surface area contributed by atoms with Gasteiger partial charge in [-0.25, -0.2) is 4.98 Å². The predicted octanol–water partition coefficient (Wildman–Crippen LogP) is 4.71. The van der Waals surface area contributed by atoms with E-state index in [9.17, 15) is 9.59 Å². The summed E-state index contributed by atoms with van der Waals surface area (Å²) < 4.78 is 5.37. The van der Waals surface area contributed by atoms with Crippen LogP contribution in [0.25, 0.3) is 21.7 Å². The van der Waals surface area contributed by atoms with E-state index in [1.807, 2.05) is 19.1 Å². The number of carbonyl (C=O) groups excluding carboxylic acids is 2. The van der Waals surface area contributed by atoms with Crippen LogP contribution in [0.3, 0.4) is 0 Å². The zero-order chi connectivity index (χ0) is 21.5. The van der Waals surface area contributed by atoms with Crippen LogP contribution in [0, 0.1) is 13.8 Å². The quantitative estimate of drug-likeness (QED) is 0.476. The number of nitrogens with zero attached hydrogens (tertiary/aromatic N) is 2. The molecule has 8 heteroatoms. The lowest BCUT2D eigenvalue weighted by molar-refractivity contribution is 0.0952. The second-order valence-corrected chi connectivity index (χ2v) is 8.95. The minimum Gasteiger partial charge on any atom is -0.349 e. The molecule has 0 atom stereocenters. The molecule has 1 saturated carbocycles. The second-order valence-electron chi connectivity index (χ2n) is 7.66. The van der Waals surface area contributed by atoms with Gasteiger partial charge in [-0.2, -0.15) is 0 Å². The molecule has 0 aliphatic heterocycles. The Labute approximate surface area is 182 Å². The predicted molar refractivity (Wildman–Crippen MR) is 119 cm³/mol. The summed E-state index contributed by atoms with van der Waals surface area (Å²) in [5.74, 6) is -0.533. The van der Waals surface area contributed by atoms with Crippen molar-refractivity contribution in [2.45, 2.75) is 32.7 Å². The van der Waals surface area contributed by atoms with Gasteiger partial charge in [0, 0.05) is 10.9 Å². The van der Waals surface area contributed by atoms with E-state index in [1.165, 1.54) is 0 Å². The summed E-state index contributed by atoms with van der Waals surface area (Å²) in [6.45, 7) is 3.79. The van der Waals surface area contributed by atoms with Crippen molar-refractivity contribution in [3.63, 3.8) is 0 Å². The molecule has 1 aliphatic carbocycles. The first-order valence-electron chi connectivity index (χ1n) is 10.0. The SMILES string of the molecule is Cc1ccc(-c2cc(C(=O)Nc3ccccc3C(=O)NC3CC3)c3c(C)noc3n2)s1. The second kappa shape index (κ2) is 7.63. The fourth-order valence-electron chi connectivity index (χ4n) is 3.44. The number of fused-ring (bicyclic) bond motifs is 1. The Kier molecular flexibility index (Phi) is 4.78. The van der Waals surface area contributed by atoms with Crippen molar-refractivity contribution in [1.82, 2.24) is 15.5 Å². The van der Waals surface area contributed by atoms with E-state index in [1.54, 1.807) is 48.6 Å². The number of aryl methyl sites for hydroxylation is 2. The van der Waals surface area contributed by atoms with Crippen molar-refractivity contribution in [2.75, 3.05) is 5.32 Å². The highest BCUT2D eigenvalue weighted by atomic mass is 32.1. The van der Waals surface area contributed by atoms with E-state index in [2.05, 4.69) is 20.8 Å². The van der Waals surface area contributed by atoms with Crippen LogP contribution in [-0.4, -0.2) is 28.0 Å². The highest BCUT2D eigenvalue weighted by molar-refractivity contribution is 7.15. The monoisotopic (exact) mass is 432 g/mol. The van der Waals surface area contributed by atoms with Crippen LogP contribution in [0.4, 0.5) is 5.69 Å². The third-order valence-corrected chi connectivity index (χ3v) is 6.21. The van der Waals surface area contributed by atoms with E-state index >= 15 is 0 Å². The van der Waals surface area contributed by atoms with Gasteiger partial charge in [-0.1, -0.05) is 17.3 Å². The number of para-hydroxylation sites is 1. The van der Waals surface area contributed by atoms with Gasteiger partial charge >= 0.3 is 0 Å². The molecule has 0 spiro atoms. The Hall–Kier alpha value is -3.52. The Morgan fingerprint density at radius 2 is 1.87 bits per heavy atom. The van der Waals surface area contributed by atoms with E-state index in [0.29, 0.717) is 39.3 Å². The average molecular weight is 433 g/mol. The van der Waals surface area contributed by atoms with Crippen LogP contribution in [0.15, 0.2) is 47.0 Å².